The monoisotopic (exact) mass is 971 g/mol. The van der Waals surface area contributed by atoms with Crippen molar-refractivity contribution in [1.29, 1.82) is 0 Å². The van der Waals surface area contributed by atoms with Crippen molar-refractivity contribution in [2.45, 2.75) is 95.2 Å². The predicted molar refractivity (Wildman–Crippen MR) is 263 cm³/mol. The number of hydrogen-bond donors (Lipinski definition) is 3. The standard InChI is InChI=1S/C53H56ClF2N9O5/c1-2-38-42(55)10-6-32-24-37(66)26-39(45(32)38)47-46(56)48-40(27-57-47)49(64-28-34-7-8-35(29-64)58-34)61-51(60-48)70-30-36-4-3-19-62(36)20-13-31-11-15-53(16-12-31)17-22-63(23-18-53)50(68)33-5-9-41(54)43(25-33)65-21-14-44(67)59-52(65)69/h1,5-6,9-10,24-27,31,34-36,58,66H,3-4,7-8,11-23,28-30H2,(H,59,67,69)/t34?,35?,36-/m0/s1. The first kappa shape index (κ1) is 46.2. The Morgan fingerprint density at radius 2 is 1.74 bits per heavy atom. The third kappa shape index (κ3) is 8.85. The Balaban J connectivity index is 0.738. The molecule has 3 aromatic carbocycles. The maximum absolute atomic E-state index is 17.1. The number of benzene rings is 3. The largest absolute Gasteiger partial charge is 0.508 e. The number of piperazine rings is 1. The Bertz CT molecular complexity index is 2940. The molecule has 3 N–H and O–H groups in total. The van der Waals surface area contributed by atoms with Crippen LogP contribution in [0, 0.1) is 35.3 Å². The summed E-state index contributed by atoms with van der Waals surface area (Å²) in [7, 11) is 0. The molecule has 2 bridgehead atoms. The number of halogens is 3. The average molecular weight is 973 g/mol. The molecule has 11 rings (SSSR count). The lowest BCUT2D eigenvalue weighted by Crippen LogP contribution is -2.51. The van der Waals surface area contributed by atoms with Gasteiger partial charge in [0.15, 0.2) is 5.82 Å². The summed E-state index contributed by atoms with van der Waals surface area (Å²) in [5, 5.41) is 18.2. The number of rotatable bonds is 10. The number of likely N-dealkylation sites (tertiary alicyclic amines) is 2. The Kier molecular flexibility index (Phi) is 12.5. The van der Waals surface area contributed by atoms with Gasteiger partial charge in [-0.05, 0) is 137 Å². The van der Waals surface area contributed by atoms with Crippen LogP contribution in [0.5, 0.6) is 11.8 Å². The van der Waals surface area contributed by atoms with Crippen molar-refractivity contribution in [3.8, 4) is 35.4 Å². The Hall–Kier alpha value is -6.15. The van der Waals surface area contributed by atoms with Crippen LogP contribution in [-0.2, 0) is 4.79 Å². The molecule has 7 heterocycles. The number of aromatic hydroxyl groups is 1. The van der Waals surface area contributed by atoms with Crippen LogP contribution in [0.4, 0.5) is 25.1 Å². The number of piperidine rings is 1. The highest BCUT2D eigenvalue weighted by Gasteiger charge is 2.40. The lowest BCUT2D eigenvalue weighted by atomic mass is 9.65. The van der Waals surface area contributed by atoms with Crippen LogP contribution in [0.3, 0.4) is 0 Å². The summed E-state index contributed by atoms with van der Waals surface area (Å²) in [4.78, 5) is 60.2. The number of carbonyl (C=O) groups is 3. The molecule has 14 nitrogen and oxygen atoms in total. The van der Waals surface area contributed by atoms with Crippen LogP contribution in [0.2, 0.25) is 5.02 Å². The third-order valence-corrected chi connectivity index (χ3v) is 16.5. The van der Waals surface area contributed by atoms with Gasteiger partial charge in [-0.25, -0.2) is 13.6 Å². The second-order valence-electron chi connectivity index (χ2n) is 20.3. The normalized spacial score (nSPS) is 22.8. The van der Waals surface area contributed by atoms with E-state index < -0.39 is 17.7 Å². The summed E-state index contributed by atoms with van der Waals surface area (Å²) in [6, 6.07) is 10.8. The first-order valence-electron chi connectivity index (χ1n) is 24.8. The quantitative estimate of drug-likeness (QED) is 0.116. The van der Waals surface area contributed by atoms with Gasteiger partial charge in [0, 0.05) is 80.0 Å². The van der Waals surface area contributed by atoms with Gasteiger partial charge in [-0.3, -0.25) is 29.7 Å². The van der Waals surface area contributed by atoms with E-state index in [4.69, 9.17) is 32.7 Å². The number of carbonyl (C=O) groups excluding carboxylic acids is 3. The van der Waals surface area contributed by atoms with Crippen LogP contribution in [0.1, 0.15) is 93.0 Å². The summed E-state index contributed by atoms with van der Waals surface area (Å²) in [5.74, 6) is 1.67. The summed E-state index contributed by atoms with van der Waals surface area (Å²) in [6.45, 7) is 5.26. The number of pyridine rings is 1. The van der Waals surface area contributed by atoms with E-state index in [-0.39, 0.29) is 87.8 Å². The minimum Gasteiger partial charge on any atom is -0.508 e. The summed E-state index contributed by atoms with van der Waals surface area (Å²) in [5.41, 5.74) is 1.17. The molecule has 4 amide bonds. The number of hydrogen-bond acceptors (Lipinski definition) is 11. The molecule has 6 fully saturated rings. The van der Waals surface area contributed by atoms with Crippen LogP contribution >= 0.6 is 11.6 Å². The maximum Gasteiger partial charge on any atom is 0.328 e. The molecule has 1 saturated carbocycles. The minimum absolute atomic E-state index is 0.0298. The number of phenolic OH excluding ortho intramolecular Hbond substituents is 1. The van der Waals surface area contributed by atoms with Crippen LogP contribution in [-0.4, -0.2) is 118 Å². The molecular weight excluding hydrogens is 916 g/mol. The molecule has 2 unspecified atom stereocenters. The van der Waals surface area contributed by atoms with Gasteiger partial charge >= 0.3 is 12.0 Å². The lowest BCUT2D eigenvalue weighted by molar-refractivity contribution is -0.120. The number of aromatic nitrogens is 3. The first-order chi connectivity index (χ1) is 33.9. The maximum atomic E-state index is 17.1. The predicted octanol–water partition coefficient (Wildman–Crippen LogP) is 8.20. The van der Waals surface area contributed by atoms with E-state index in [1.807, 2.05) is 4.90 Å². The Labute approximate surface area is 410 Å². The fraction of sp³-hybridized carbons (Fsp3) is 0.472. The molecule has 1 spiro atoms. The smallest absolute Gasteiger partial charge is 0.328 e. The molecule has 5 saturated heterocycles. The fourth-order valence-electron chi connectivity index (χ4n) is 12.2. The Morgan fingerprint density at radius 3 is 2.50 bits per heavy atom. The van der Waals surface area contributed by atoms with E-state index in [2.05, 4.69) is 31.3 Å². The molecule has 6 aliphatic rings. The number of anilines is 2. The highest BCUT2D eigenvalue weighted by Crippen LogP contribution is 2.48. The number of urea groups is 1. The van der Waals surface area contributed by atoms with Crippen molar-refractivity contribution in [1.82, 2.24) is 35.4 Å². The molecule has 17 heteroatoms. The average Bonchev–Trinajstić information content (AvgIpc) is 3.97. The van der Waals surface area contributed by atoms with E-state index >= 15 is 8.78 Å². The topological polar surface area (TPSA) is 156 Å². The van der Waals surface area contributed by atoms with E-state index in [1.165, 1.54) is 29.2 Å². The number of phenols is 1. The van der Waals surface area contributed by atoms with Gasteiger partial charge in [0.05, 0.1) is 21.7 Å². The summed E-state index contributed by atoms with van der Waals surface area (Å²) < 4.78 is 38.6. The number of amides is 4. The van der Waals surface area contributed by atoms with Crippen molar-refractivity contribution < 1.29 is 33.0 Å². The zero-order chi connectivity index (χ0) is 48.3. The zero-order valence-corrected chi connectivity index (χ0v) is 39.7. The number of terminal acetylenes is 1. The van der Waals surface area contributed by atoms with Crippen LogP contribution in [0.15, 0.2) is 48.7 Å². The second kappa shape index (κ2) is 18.9. The SMILES string of the molecule is C#Cc1c(F)ccc2cc(O)cc(-c3ncc4c(N5CC6CCC(C5)N6)nc(OC[C@@H]5CCCN5CCC5CCC6(CC5)CCN(C(=O)c5ccc(Cl)c(N7CCC(=O)NC7=O)c5)CC6)nc4c3F)c12. The molecular formula is C53H56ClF2N9O5. The Morgan fingerprint density at radius 1 is 0.957 bits per heavy atom. The highest BCUT2D eigenvalue weighted by molar-refractivity contribution is 6.34. The van der Waals surface area contributed by atoms with Gasteiger partial charge in [-0.15, -0.1) is 6.42 Å². The van der Waals surface area contributed by atoms with Crippen molar-refractivity contribution in [3.05, 3.63) is 76.4 Å². The van der Waals surface area contributed by atoms with Gasteiger partial charge < -0.3 is 25.0 Å². The molecule has 70 heavy (non-hydrogen) atoms. The van der Waals surface area contributed by atoms with Gasteiger partial charge in [-0.2, -0.15) is 9.97 Å². The number of nitrogens with one attached hydrogen (secondary N) is 2. The minimum atomic E-state index is -0.738. The van der Waals surface area contributed by atoms with Crippen LogP contribution < -0.4 is 25.2 Å². The van der Waals surface area contributed by atoms with Crippen molar-refractivity contribution in [3.63, 3.8) is 0 Å². The lowest BCUT2D eigenvalue weighted by Gasteiger charge is -2.46. The number of nitrogens with zero attached hydrogens (tertiary/aromatic N) is 7. The van der Waals surface area contributed by atoms with Crippen molar-refractivity contribution in [2.24, 2.45) is 11.3 Å². The fourth-order valence-corrected chi connectivity index (χ4v) is 12.4. The van der Waals surface area contributed by atoms with E-state index in [0.717, 1.165) is 83.7 Å². The summed E-state index contributed by atoms with van der Waals surface area (Å²) >= 11 is 6.46. The summed E-state index contributed by atoms with van der Waals surface area (Å²) in [6.07, 6.45) is 19.2. The van der Waals surface area contributed by atoms with E-state index in [1.54, 1.807) is 24.4 Å². The molecule has 3 atom stereocenters. The zero-order valence-electron chi connectivity index (χ0n) is 39.0. The molecule has 5 aromatic rings. The first-order valence-corrected chi connectivity index (χ1v) is 25.2. The molecule has 364 valence electrons. The molecule has 2 aromatic heterocycles. The number of fused-ring (bicyclic) bond motifs is 4. The number of imide groups is 1. The second-order valence-corrected chi connectivity index (χ2v) is 20.7. The van der Waals surface area contributed by atoms with E-state index in [9.17, 15) is 19.5 Å². The van der Waals surface area contributed by atoms with Crippen molar-refractivity contribution >= 4 is 62.6 Å². The van der Waals surface area contributed by atoms with Gasteiger partial charge in [0.1, 0.15) is 35.2 Å². The van der Waals surface area contributed by atoms with E-state index in [0.29, 0.717) is 71.6 Å². The van der Waals surface area contributed by atoms with Gasteiger partial charge in [0.25, 0.3) is 5.91 Å². The highest BCUT2D eigenvalue weighted by atomic mass is 35.5. The molecule has 0 radical (unpaired) electrons. The number of ether oxygens (including phenoxy) is 1. The third-order valence-electron chi connectivity index (χ3n) is 16.2. The van der Waals surface area contributed by atoms with Crippen molar-refractivity contribution in [2.75, 3.05) is 62.2 Å². The van der Waals surface area contributed by atoms with Gasteiger partial charge in [0.2, 0.25) is 5.91 Å². The van der Waals surface area contributed by atoms with Crippen LogP contribution in [0.25, 0.3) is 32.9 Å². The van der Waals surface area contributed by atoms with Gasteiger partial charge in [-0.1, -0.05) is 23.6 Å². The molecule has 1 aliphatic carbocycles. The molecule has 5 aliphatic heterocycles.